The zero-order chi connectivity index (χ0) is 14.9. The van der Waals surface area contributed by atoms with Crippen LogP contribution in [0.5, 0.6) is 0 Å². The number of rotatable bonds is 3. The van der Waals surface area contributed by atoms with E-state index in [-0.39, 0.29) is 18.1 Å². The van der Waals surface area contributed by atoms with Crippen molar-refractivity contribution >= 4 is 11.6 Å². The van der Waals surface area contributed by atoms with Crippen molar-refractivity contribution in [2.75, 3.05) is 13.1 Å². The van der Waals surface area contributed by atoms with E-state index in [0.717, 1.165) is 25.9 Å². The Balaban J connectivity index is 2.12. The summed E-state index contributed by atoms with van der Waals surface area (Å²) in [7, 11) is 0. The number of hydrogen-bond donors (Lipinski definition) is 0. The Morgan fingerprint density at radius 2 is 2.20 bits per heavy atom. The van der Waals surface area contributed by atoms with Crippen LogP contribution in [-0.4, -0.2) is 38.6 Å². The standard InChI is InChI=1S/C13H20N4O3/c1-9-5-4-6-15(7-9)12(18)8-16-11(3)13(17(19)20)10(2)14-16/h9H,4-8H2,1-3H3/t9-/m0/s1. The summed E-state index contributed by atoms with van der Waals surface area (Å²) in [5.41, 5.74) is 0.794. The van der Waals surface area contributed by atoms with Crippen LogP contribution in [0.2, 0.25) is 0 Å². The van der Waals surface area contributed by atoms with Crippen molar-refractivity contribution in [1.82, 2.24) is 14.7 Å². The van der Waals surface area contributed by atoms with Crippen LogP contribution < -0.4 is 0 Å². The first-order chi connectivity index (χ1) is 9.40. The van der Waals surface area contributed by atoms with E-state index in [1.165, 1.54) is 4.68 Å². The van der Waals surface area contributed by atoms with Crippen molar-refractivity contribution in [1.29, 1.82) is 0 Å². The van der Waals surface area contributed by atoms with Gasteiger partial charge in [0.25, 0.3) is 0 Å². The van der Waals surface area contributed by atoms with Crippen LogP contribution >= 0.6 is 0 Å². The van der Waals surface area contributed by atoms with Crippen molar-refractivity contribution in [3.8, 4) is 0 Å². The fourth-order valence-electron chi connectivity index (χ4n) is 2.75. The van der Waals surface area contributed by atoms with Gasteiger partial charge >= 0.3 is 5.69 Å². The Labute approximate surface area is 117 Å². The lowest BCUT2D eigenvalue weighted by Crippen LogP contribution is -2.41. The molecule has 0 unspecified atom stereocenters. The smallest absolute Gasteiger partial charge is 0.312 e. The highest BCUT2D eigenvalue weighted by Crippen LogP contribution is 2.22. The Morgan fingerprint density at radius 1 is 1.50 bits per heavy atom. The average Bonchev–Trinajstić information content (AvgIpc) is 2.64. The molecule has 1 amide bonds. The highest BCUT2D eigenvalue weighted by molar-refractivity contribution is 5.76. The lowest BCUT2D eigenvalue weighted by Gasteiger charge is -2.31. The molecule has 0 N–H and O–H groups in total. The summed E-state index contributed by atoms with van der Waals surface area (Å²) < 4.78 is 1.44. The Kier molecular flexibility index (Phi) is 4.06. The number of likely N-dealkylation sites (tertiary alicyclic amines) is 1. The Bertz CT molecular complexity index is 538. The maximum atomic E-state index is 12.3. The Morgan fingerprint density at radius 3 is 2.75 bits per heavy atom. The normalized spacial score (nSPS) is 19.1. The summed E-state index contributed by atoms with van der Waals surface area (Å²) in [5, 5.41) is 15.1. The molecule has 7 heteroatoms. The predicted molar refractivity (Wildman–Crippen MR) is 73.3 cm³/mol. The molecule has 0 radical (unpaired) electrons. The van der Waals surface area contributed by atoms with Crippen LogP contribution in [0.25, 0.3) is 0 Å². The molecule has 7 nitrogen and oxygen atoms in total. The van der Waals surface area contributed by atoms with Crippen LogP contribution in [0.15, 0.2) is 0 Å². The fourth-order valence-corrected chi connectivity index (χ4v) is 2.75. The van der Waals surface area contributed by atoms with E-state index in [1.807, 2.05) is 4.90 Å². The van der Waals surface area contributed by atoms with E-state index >= 15 is 0 Å². The number of aryl methyl sites for hydroxylation is 1. The number of carbonyl (C=O) groups is 1. The first-order valence-corrected chi connectivity index (χ1v) is 6.86. The lowest BCUT2D eigenvalue weighted by molar-refractivity contribution is -0.386. The van der Waals surface area contributed by atoms with Crippen molar-refractivity contribution in [2.45, 2.75) is 40.2 Å². The van der Waals surface area contributed by atoms with E-state index in [9.17, 15) is 14.9 Å². The van der Waals surface area contributed by atoms with Gasteiger partial charge in [0.1, 0.15) is 17.9 Å². The quantitative estimate of drug-likeness (QED) is 0.623. The number of aromatic nitrogens is 2. The molecule has 20 heavy (non-hydrogen) atoms. The number of piperidine rings is 1. The zero-order valence-corrected chi connectivity index (χ0v) is 12.1. The molecule has 1 atom stereocenters. The molecule has 1 aliphatic rings. The van der Waals surface area contributed by atoms with Crippen LogP contribution in [0, 0.1) is 29.9 Å². The van der Waals surface area contributed by atoms with Gasteiger partial charge in [0.2, 0.25) is 5.91 Å². The van der Waals surface area contributed by atoms with Crippen molar-refractivity contribution in [3.63, 3.8) is 0 Å². The highest BCUT2D eigenvalue weighted by atomic mass is 16.6. The van der Waals surface area contributed by atoms with Crippen LogP contribution in [0.3, 0.4) is 0 Å². The zero-order valence-electron chi connectivity index (χ0n) is 12.1. The van der Waals surface area contributed by atoms with Gasteiger partial charge in [-0.1, -0.05) is 6.92 Å². The third-order valence-corrected chi connectivity index (χ3v) is 3.82. The number of hydrogen-bond acceptors (Lipinski definition) is 4. The van der Waals surface area contributed by atoms with E-state index in [1.54, 1.807) is 13.8 Å². The van der Waals surface area contributed by atoms with Crippen LogP contribution in [0.4, 0.5) is 5.69 Å². The molecule has 0 spiro atoms. The average molecular weight is 280 g/mol. The first-order valence-electron chi connectivity index (χ1n) is 6.86. The predicted octanol–water partition coefficient (Wildman–Crippen LogP) is 1.67. The van der Waals surface area contributed by atoms with E-state index in [4.69, 9.17) is 0 Å². The van der Waals surface area contributed by atoms with Gasteiger partial charge in [0, 0.05) is 13.1 Å². The second kappa shape index (κ2) is 5.60. The molecular weight excluding hydrogens is 260 g/mol. The van der Waals surface area contributed by atoms with Gasteiger partial charge in [-0.05, 0) is 32.6 Å². The van der Waals surface area contributed by atoms with Gasteiger partial charge in [0.05, 0.1) is 4.92 Å². The van der Waals surface area contributed by atoms with Gasteiger partial charge in [-0.2, -0.15) is 5.10 Å². The van der Waals surface area contributed by atoms with Crippen LogP contribution in [-0.2, 0) is 11.3 Å². The molecule has 0 saturated carbocycles. The maximum absolute atomic E-state index is 12.3. The van der Waals surface area contributed by atoms with Crippen molar-refractivity contribution in [3.05, 3.63) is 21.5 Å². The van der Waals surface area contributed by atoms with E-state index in [2.05, 4.69) is 12.0 Å². The molecule has 1 aromatic rings. The third kappa shape index (κ3) is 2.81. The van der Waals surface area contributed by atoms with Gasteiger partial charge in [-0.25, -0.2) is 0 Å². The maximum Gasteiger partial charge on any atom is 0.312 e. The summed E-state index contributed by atoms with van der Waals surface area (Å²) in [4.78, 5) is 24.6. The van der Waals surface area contributed by atoms with Gasteiger partial charge in [-0.3, -0.25) is 19.6 Å². The summed E-state index contributed by atoms with van der Waals surface area (Å²) >= 11 is 0. The molecule has 2 rings (SSSR count). The number of carbonyl (C=O) groups excluding carboxylic acids is 1. The summed E-state index contributed by atoms with van der Waals surface area (Å²) in [6.07, 6.45) is 2.17. The molecule has 1 aliphatic heterocycles. The summed E-state index contributed by atoms with van der Waals surface area (Å²) in [6, 6.07) is 0. The summed E-state index contributed by atoms with van der Waals surface area (Å²) in [6.45, 7) is 6.96. The van der Waals surface area contributed by atoms with Crippen molar-refractivity contribution in [2.24, 2.45) is 5.92 Å². The monoisotopic (exact) mass is 280 g/mol. The third-order valence-electron chi connectivity index (χ3n) is 3.82. The number of amides is 1. The lowest BCUT2D eigenvalue weighted by atomic mass is 10.0. The molecular formula is C13H20N4O3. The molecule has 110 valence electrons. The number of nitrogens with zero attached hydrogens (tertiary/aromatic N) is 4. The number of nitro groups is 1. The largest absolute Gasteiger partial charge is 0.341 e. The molecule has 1 aromatic heterocycles. The fraction of sp³-hybridized carbons (Fsp3) is 0.692. The molecule has 0 aromatic carbocycles. The van der Waals surface area contributed by atoms with Gasteiger partial charge in [0.15, 0.2) is 0 Å². The topological polar surface area (TPSA) is 81.3 Å². The van der Waals surface area contributed by atoms with Gasteiger partial charge in [-0.15, -0.1) is 0 Å². The minimum atomic E-state index is -0.443. The minimum absolute atomic E-state index is 0.00446. The highest BCUT2D eigenvalue weighted by Gasteiger charge is 2.25. The SMILES string of the molecule is Cc1nn(CC(=O)N2CCC[C@H](C)C2)c(C)c1[N+](=O)[O-]. The molecule has 2 heterocycles. The molecule has 0 aliphatic carbocycles. The van der Waals surface area contributed by atoms with E-state index in [0.29, 0.717) is 17.3 Å². The van der Waals surface area contributed by atoms with Crippen molar-refractivity contribution < 1.29 is 9.72 Å². The van der Waals surface area contributed by atoms with Gasteiger partial charge < -0.3 is 4.90 Å². The molecule has 1 saturated heterocycles. The molecule has 0 bridgehead atoms. The Hall–Kier alpha value is -1.92. The van der Waals surface area contributed by atoms with Crippen LogP contribution in [0.1, 0.15) is 31.2 Å². The minimum Gasteiger partial charge on any atom is -0.341 e. The van der Waals surface area contributed by atoms with E-state index < -0.39 is 4.92 Å². The second-order valence-corrected chi connectivity index (χ2v) is 5.52. The second-order valence-electron chi connectivity index (χ2n) is 5.52. The molecule has 1 fully saturated rings. The first kappa shape index (κ1) is 14.5. The summed E-state index contributed by atoms with van der Waals surface area (Å²) in [5.74, 6) is 0.500.